The summed E-state index contributed by atoms with van der Waals surface area (Å²) in [5.41, 5.74) is -2.35. The molecule has 4 nitrogen and oxygen atoms in total. The van der Waals surface area contributed by atoms with E-state index in [4.69, 9.17) is 13.7 Å². The van der Waals surface area contributed by atoms with Crippen molar-refractivity contribution in [3.63, 3.8) is 0 Å². The van der Waals surface area contributed by atoms with Gasteiger partial charge in [0, 0.05) is 27.2 Å². The number of aliphatic hydroxyl groups is 1. The number of hydrogen-bond acceptors (Lipinski definition) is 3. The van der Waals surface area contributed by atoms with Gasteiger partial charge in [0.05, 0.1) is 19.3 Å². The summed E-state index contributed by atoms with van der Waals surface area (Å²) >= 11 is 0. The molecule has 4 heteroatoms. The third kappa shape index (κ3) is 4.79. The molecule has 1 fully saturated rings. The molecule has 1 heterocycles. The fourth-order valence-corrected chi connectivity index (χ4v) is 4.63. The zero-order valence-corrected chi connectivity index (χ0v) is 19.8. The first-order chi connectivity index (χ1) is 20.5. The van der Waals surface area contributed by atoms with E-state index in [0.29, 0.717) is 25.9 Å². The molecule has 3 aromatic carbocycles. The molecule has 1 aliphatic heterocycles. The number of aryl methyl sites for hydroxylation is 1. The predicted molar refractivity (Wildman–Crippen MR) is 138 cm³/mol. The van der Waals surface area contributed by atoms with Gasteiger partial charge in [0.25, 0.3) is 0 Å². The highest BCUT2D eigenvalue weighted by molar-refractivity contribution is 5.91. The number of likely N-dealkylation sites (tertiary alicyclic amines) is 1. The molecule has 1 saturated heterocycles. The van der Waals surface area contributed by atoms with Crippen molar-refractivity contribution in [1.82, 2.24) is 9.80 Å². The Morgan fingerprint density at radius 2 is 1.47 bits per heavy atom. The molecule has 178 valence electrons. The van der Waals surface area contributed by atoms with E-state index in [1.165, 1.54) is 14.1 Å². The van der Waals surface area contributed by atoms with Crippen molar-refractivity contribution >= 4 is 5.91 Å². The highest BCUT2D eigenvalue weighted by Gasteiger charge is 2.43. The van der Waals surface area contributed by atoms with Gasteiger partial charge in [0.2, 0.25) is 5.91 Å². The minimum absolute atomic E-state index is 0.105. The topological polar surface area (TPSA) is 43.8 Å². The Balaban J connectivity index is 1.90. The second kappa shape index (κ2) is 10.1. The van der Waals surface area contributed by atoms with Gasteiger partial charge in [-0.25, -0.2) is 0 Å². The van der Waals surface area contributed by atoms with E-state index >= 15 is 0 Å². The standard InChI is InChI=1S/C30H36N2O2/c1-24-14-16-25(17-15-24)29(34)18-21-32(22-19-29)23-20-30(28(33)31(2)3,26-10-6-4-7-11-26)27-12-8-5-9-13-27/h4-17,34H,18-23H2,1-3H3/i4D,5D,6D,7D,8D,9D,10D,11D,12D,13D. The van der Waals surface area contributed by atoms with Gasteiger partial charge in [0.15, 0.2) is 0 Å². The fraction of sp³-hybridized carbons (Fsp3) is 0.367. The third-order valence-electron chi connectivity index (χ3n) is 6.70. The molecule has 1 N–H and O–H groups in total. The molecule has 0 radical (unpaired) electrons. The molecule has 3 aromatic rings. The lowest BCUT2D eigenvalue weighted by Gasteiger charge is -2.41. The average Bonchev–Trinajstić information content (AvgIpc) is 3.00. The van der Waals surface area contributed by atoms with E-state index in [0.717, 1.165) is 16.0 Å². The van der Waals surface area contributed by atoms with Crippen LogP contribution in [0.15, 0.2) is 84.7 Å². The second-order valence-corrected chi connectivity index (χ2v) is 9.09. The Hall–Kier alpha value is -2.95. The van der Waals surface area contributed by atoms with Crippen molar-refractivity contribution in [2.45, 2.75) is 37.2 Å². The van der Waals surface area contributed by atoms with E-state index in [1.807, 2.05) is 36.1 Å². The van der Waals surface area contributed by atoms with Crippen LogP contribution >= 0.6 is 0 Å². The lowest BCUT2D eigenvalue weighted by Crippen LogP contribution is -2.48. The summed E-state index contributed by atoms with van der Waals surface area (Å²) in [4.78, 5) is 17.5. The van der Waals surface area contributed by atoms with Crippen molar-refractivity contribution in [2.24, 2.45) is 0 Å². The van der Waals surface area contributed by atoms with Gasteiger partial charge in [-0.2, -0.15) is 0 Å². The first kappa shape index (κ1) is 14.4. The van der Waals surface area contributed by atoms with Gasteiger partial charge in [-0.15, -0.1) is 0 Å². The summed E-state index contributed by atoms with van der Waals surface area (Å²) in [5, 5.41) is 11.4. The number of amides is 1. The number of nitrogens with zero attached hydrogens (tertiary/aromatic N) is 2. The fourth-order valence-electron chi connectivity index (χ4n) is 4.63. The van der Waals surface area contributed by atoms with E-state index in [-0.39, 0.29) is 13.0 Å². The Bertz CT molecular complexity index is 1480. The molecular weight excluding hydrogens is 420 g/mol. The molecule has 1 amide bonds. The average molecular weight is 467 g/mol. The van der Waals surface area contributed by atoms with Crippen LogP contribution in [0.2, 0.25) is 0 Å². The maximum atomic E-state index is 14.4. The van der Waals surface area contributed by atoms with Crippen LogP contribution in [0.4, 0.5) is 0 Å². The molecule has 34 heavy (non-hydrogen) atoms. The number of likely N-dealkylation sites (N-methyl/N-ethyl adjacent to an activating group) is 1. The number of benzene rings is 3. The van der Waals surface area contributed by atoms with Crippen molar-refractivity contribution in [3.8, 4) is 0 Å². The quantitative estimate of drug-likeness (QED) is 0.547. The summed E-state index contributed by atoms with van der Waals surface area (Å²) in [6.07, 6.45) is 0.483. The van der Waals surface area contributed by atoms with Crippen LogP contribution in [0.25, 0.3) is 0 Å². The normalized spacial score (nSPS) is 20.4. The number of piperidine rings is 1. The first-order valence-corrected chi connectivity index (χ1v) is 11.4. The highest BCUT2D eigenvalue weighted by atomic mass is 16.3. The van der Waals surface area contributed by atoms with Crippen molar-refractivity contribution in [1.29, 1.82) is 0 Å². The Morgan fingerprint density at radius 1 is 0.971 bits per heavy atom. The predicted octanol–water partition coefficient (Wildman–Crippen LogP) is 4.74. The molecule has 0 aromatic heterocycles. The Morgan fingerprint density at radius 3 is 1.94 bits per heavy atom. The van der Waals surface area contributed by atoms with E-state index < -0.39 is 88.5 Å². The Kier molecular flexibility index (Phi) is 4.30. The lowest BCUT2D eigenvalue weighted by molar-refractivity contribution is -0.133. The van der Waals surface area contributed by atoms with Gasteiger partial charge < -0.3 is 14.9 Å². The summed E-state index contributed by atoms with van der Waals surface area (Å²) in [5.74, 6) is -0.789. The van der Waals surface area contributed by atoms with Crippen LogP contribution in [0.3, 0.4) is 0 Å². The molecule has 0 saturated carbocycles. The van der Waals surface area contributed by atoms with Gasteiger partial charge in [-0.05, 0) is 49.4 Å². The zero-order valence-electron chi connectivity index (χ0n) is 29.8. The van der Waals surface area contributed by atoms with Crippen molar-refractivity contribution < 1.29 is 23.6 Å². The summed E-state index contributed by atoms with van der Waals surface area (Å²) < 4.78 is 84.9. The van der Waals surface area contributed by atoms with Crippen LogP contribution < -0.4 is 0 Å². The van der Waals surface area contributed by atoms with Gasteiger partial charge >= 0.3 is 0 Å². The maximum absolute atomic E-state index is 14.4. The molecule has 0 aliphatic carbocycles. The summed E-state index contributed by atoms with van der Waals surface area (Å²) in [7, 11) is 2.81. The number of carbonyl (C=O) groups excluding carboxylic acids is 1. The Labute approximate surface area is 217 Å². The molecule has 0 spiro atoms. The molecule has 0 bridgehead atoms. The van der Waals surface area contributed by atoms with Gasteiger partial charge in [-0.1, -0.05) is 90.3 Å². The summed E-state index contributed by atoms with van der Waals surface area (Å²) in [6.45, 7) is 2.87. The molecule has 4 rings (SSSR count). The third-order valence-corrected chi connectivity index (χ3v) is 6.70. The summed E-state index contributed by atoms with van der Waals surface area (Å²) in [6, 6.07) is 0.719. The maximum Gasteiger partial charge on any atom is 0.237 e. The molecular formula is C30H36N2O2. The van der Waals surface area contributed by atoms with Crippen LogP contribution in [-0.4, -0.2) is 54.5 Å². The molecule has 0 atom stereocenters. The van der Waals surface area contributed by atoms with Crippen LogP contribution in [0.1, 0.15) is 55.2 Å². The van der Waals surface area contributed by atoms with Crippen LogP contribution in [-0.2, 0) is 15.8 Å². The number of rotatable bonds is 7. The van der Waals surface area contributed by atoms with E-state index in [2.05, 4.69) is 0 Å². The second-order valence-electron chi connectivity index (χ2n) is 9.09. The minimum atomic E-state index is -2.24. The van der Waals surface area contributed by atoms with Gasteiger partial charge in [-0.3, -0.25) is 4.79 Å². The largest absolute Gasteiger partial charge is 0.385 e. The van der Waals surface area contributed by atoms with E-state index in [1.54, 1.807) is 0 Å². The zero-order chi connectivity index (χ0) is 32.9. The van der Waals surface area contributed by atoms with Crippen LogP contribution in [0, 0.1) is 6.92 Å². The number of carbonyl (C=O) groups is 1. The van der Waals surface area contributed by atoms with Crippen LogP contribution in [0.5, 0.6) is 0 Å². The first-order valence-electron chi connectivity index (χ1n) is 16.4. The molecule has 1 aliphatic rings. The van der Waals surface area contributed by atoms with Crippen molar-refractivity contribution in [2.75, 3.05) is 33.7 Å². The number of hydrogen-bond donors (Lipinski definition) is 1. The lowest BCUT2D eigenvalue weighted by atomic mass is 9.70. The minimum Gasteiger partial charge on any atom is -0.385 e. The SMILES string of the molecule is [2H]c1c([2H])c([2H])c(C(CCN2CCC(O)(c3ccc(C)cc3)CC2)(C(=O)N(C)C)c2c([2H])c([2H])c([2H])c([2H])c2[2H])c([2H])c1[2H]. The van der Waals surface area contributed by atoms with Gasteiger partial charge in [0.1, 0.15) is 5.41 Å². The smallest absolute Gasteiger partial charge is 0.237 e. The molecule has 0 unspecified atom stereocenters. The van der Waals surface area contributed by atoms with E-state index in [9.17, 15) is 9.90 Å². The monoisotopic (exact) mass is 466 g/mol. The van der Waals surface area contributed by atoms with Crippen molar-refractivity contribution in [3.05, 3.63) is 107 Å². The highest BCUT2D eigenvalue weighted by Crippen LogP contribution is 2.39.